The molecular formula is C33H31BrN4O4. The lowest BCUT2D eigenvalue weighted by Crippen LogP contribution is -2.29. The molecule has 0 saturated carbocycles. The summed E-state index contributed by atoms with van der Waals surface area (Å²) in [6.45, 7) is 10.4. The van der Waals surface area contributed by atoms with Crippen LogP contribution < -0.4 is 10.3 Å². The van der Waals surface area contributed by atoms with Crippen molar-refractivity contribution in [3.63, 3.8) is 0 Å². The molecule has 0 radical (unpaired) electrons. The average Bonchev–Trinajstić information content (AvgIpc) is 3.23. The first-order valence-corrected chi connectivity index (χ1v) is 14.2. The van der Waals surface area contributed by atoms with Crippen LogP contribution >= 0.6 is 15.9 Å². The summed E-state index contributed by atoms with van der Waals surface area (Å²) < 4.78 is 10.2. The second kappa shape index (κ2) is 11.4. The zero-order valence-electron chi connectivity index (χ0n) is 24.1. The second-order valence-electron chi connectivity index (χ2n) is 11.2. The molecule has 3 aromatic carbocycles. The van der Waals surface area contributed by atoms with Gasteiger partial charge >= 0.3 is 5.97 Å². The number of hydrogen-bond acceptors (Lipinski definition) is 5. The maximum Gasteiger partial charge on any atom is 0.335 e. The molecule has 0 atom stereocenters. The zero-order chi connectivity index (χ0) is 30.2. The first kappa shape index (κ1) is 29.0. The molecule has 2 aromatic heterocycles. The average molecular weight is 628 g/mol. The van der Waals surface area contributed by atoms with Crippen LogP contribution in [0.25, 0.3) is 16.6 Å². The van der Waals surface area contributed by atoms with Crippen LogP contribution in [0.5, 0.6) is 5.75 Å². The summed E-state index contributed by atoms with van der Waals surface area (Å²) in [5.41, 5.74) is 5.00. The van der Waals surface area contributed by atoms with Crippen LogP contribution in [-0.4, -0.2) is 31.5 Å². The number of carboxylic acids is 1. The number of fused-ring (bicyclic) bond motifs is 1. The third-order valence-corrected chi connectivity index (χ3v) is 7.46. The van der Waals surface area contributed by atoms with Crippen LogP contribution in [0.4, 0.5) is 0 Å². The van der Waals surface area contributed by atoms with E-state index in [1.807, 2.05) is 77.1 Å². The molecule has 5 rings (SSSR count). The number of aryl methyl sites for hydroxylation is 1. The highest BCUT2D eigenvalue weighted by atomic mass is 79.9. The predicted molar refractivity (Wildman–Crippen MR) is 168 cm³/mol. The number of hydrogen-bond donors (Lipinski definition) is 1. The van der Waals surface area contributed by atoms with Crippen LogP contribution in [0.1, 0.15) is 59.5 Å². The number of carbonyl (C=O) groups is 1. The number of rotatable bonds is 7. The smallest absolute Gasteiger partial charge is 0.335 e. The number of benzene rings is 3. The van der Waals surface area contributed by atoms with E-state index in [1.165, 1.54) is 4.68 Å². The number of ether oxygens (including phenoxy) is 1. The quantitative estimate of drug-likeness (QED) is 0.196. The Bertz CT molecular complexity index is 1880. The largest absolute Gasteiger partial charge is 0.489 e. The molecule has 214 valence electrons. The van der Waals surface area contributed by atoms with Crippen molar-refractivity contribution in [1.29, 1.82) is 0 Å². The molecule has 0 aliphatic rings. The minimum atomic E-state index is -0.953. The minimum Gasteiger partial charge on any atom is -0.489 e. The molecule has 0 bridgehead atoms. The van der Waals surface area contributed by atoms with Crippen molar-refractivity contribution in [2.45, 2.75) is 46.6 Å². The van der Waals surface area contributed by atoms with Gasteiger partial charge in [-0.3, -0.25) is 4.79 Å². The Labute approximate surface area is 252 Å². The van der Waals surface area contributed by atoms with E-state index in [2.05, 4.69) is 25.6 Å². The van der Waals surface area contributed by atoms with E-state index < -0.39 is 11.4 Å². The van der Waals surface area contributed by atoms with Crippen molar-refractivity contribution in [2.24, 2.45) is 5.10 Å². The van der Waals surface area contributed by atoms with Crippen molar-refractivity contribution in [2.75, 3.05) is 0 Å². The van der Waals surface area contributed by atoms with Gasteiger partial charge in [0.15, 0.2) is 0 Å². The molecule has 0 fully saturated rings. The van der Waals surface area contributed by atoms with E-state index >= 15 is 0 Å². The van der Waals surface area contributed by atoms with Gasteiger partial charge in [-0.15, -0.1) is 0 Å². The highest BCUT2D eigenvalue weighted by Gasteiger charge is 2.23. The van der Waals surface area contributed by atoms with E-state index in [1.54, 1.807) is 36.5 Å². The molecule has 9 heteroatoms. The Kier molecular flexibility index (Phi) is 7.88. The third-order valence-electron chi connectivity index (χ3n) is 6.96. The molecular weight excluding hydrogens is 596 g/mol. The Morgan fingerprint density at radius 3 is 2.36 bits per heavy atom. The van der Waals surface area contributed by atoms with Gasteiger partial charge in [-0.2, -0.15) is 9.78 Å². The fourth-order valence-corrected chi connectivity index (χ4v) is 5.14. The van der Waals surface area contributed by atoms with Gasteiger partial charge in [-0.05, 0) is 80.1 Å². The number of halogens is 1. The molecule has 0 aliphatic carbocycles. The predicted octanol–water partition coefficient (Wildman–Crippen LogP) is 7.02. The number of aromatic nitrogens is 3. The van der Waals surface area contributed by atoms with Crippen molar-refractivity contribution in [1.82, 2.24) is 14.2 Å². The van der Waals surface area contributed by atoms with Crippen molar-refractivity contribution in [3.05, 3.63) is 122 Å². The summed E-state index contributed by atoms with van der Waals surface area (Å²) in [6, 6.07) is 21.9. The van der Waals surface area contributed by atoms with E-state index in [-0.39, 0.29) is 11.1 Å². The summed E-state index contributed by atoms with van der Waals surface area (Å²) in [5, 5.41) is 14.2. The normalized spacial score (nSPS) is 11.9. The molecule has 0 aliphatic heterocycles. The lowest BCUT2D eigenvalue weighted by Gasteiger charge is -2.20. The maximum absolute atomic E-state index is 13.5. The molecule has 8 nitrogen and oxygen atoms in total. The second-order valence-corrected chi connectivity index (χ2v) is 12.1. The molecule has 0 amide bonds. The van der Waals surface area contributed by atoms with Crippen molar-refractivity contribution < 1.29 is 14.6 Å². The topological polar surface area (TPSA) is 98.7 Å². The molecule has 5 aromatic rings. The van der Waals surface area contributed by atoms with Gasteiger partial charge in [-0.25, -0.2) is 9.78 Å². The lowest BCUT2D eigenvalue weighted by molar-refractivity contribution is 0.0697. The number of nitrogens with zero attached hydrogens (tertiary/aromatic N) is 4. The van der Waals surface area contributed by atoms with Crippen LogP contribution in [0.15, 0.2) is 87.2 Å². The zero-order valence-corrected chi connectivity index (χ0v) is 25.6. The van der Waals surface area contributed by atoms with E-state index in [0.717, 1.165) is 32.7 Å². The number of aromatic carboxylic acids is 1. The standard InChI is InChI=1S/C33H31BrN4O4/c1-20-16-24(18-35-38-30(39)28-17-25(34)10-15-29(28)36-32(38)33(3,4)5)21(2)37(20)26-11-13-27(14-12-26)42-19-22-6-8-23(9-7-22)31(40)41/h6-18H,19H2,1-5H3,(H,40,41). The van der Waals surface area contributed by atoms with Crippen molar-refractivity contribution in [3.8, 4) is 11.4 Å². The molecule has 1 N–H and O–H groups in total. The molecule has 0 spiro atoms. The summed E-state index contributed by atoms with van der Waals surface area (Å²) in [6.07, 6.45) is 1.72. The van der Waals surface area contributed by atoms with E-state index in [4.69, 9.17) is 14.8 Å². The Hall–Kier alpha value is -4.50. The highest BCUT2D eigenvalue weighted by molar-refractivity contribution is 9.10. The Morgan fingerprint density at radius 1 is 1.02 bits per heavy atom. The molecule has 0 unspecified atom stereocenters. The molecule has 0 saturated heterocycles. The van der Waals surface area contributed by atoms with Crippen LogP contribution in [0.2, 0.25) is 0 Å². The summed E-state index contributed by atoms with van der Waals surface area (Å²) in [5.74, 6) is 0.335. The Balaban J connectivity index is 1.40. The van der Waals surface area contributed by atoms with Gasteiger partial charge in [0, 0.05) is 32.5 Å². The fourth-order valence-electron chi connectivity index (χ4n) is 4.78. The molecule has 42 heavy (non-hydrogen) atoms. The monoisotopic (exact) mass is 626 g/mol. The van der Waals surface area contributed by atoms with E-state index in [9.17, 15) is 9.59 Å². The van der Waals surface area contributed by atoms with Crippen LogP contribution in [0.3, 0.4) is 0 Å². The summed E-state index contributed by atoms with van der Waals surface area (Å²) >= 11 is 3.45. The number of carboxylic acid groups (broad SMARTS) is 1. The minimum absolute atomic E-state index is 0.218. The van der Waals surface area contributed by atoms with Crippen LogP contribution in [-0.2, 0) is 12.0 Å². The first-order chi connectivity index (χ1) is 19.9. The van der Waals surface area contributed by atoms with Gasteiger partial charge in [0.05, 0.1) is 22.7 Å². The Morgan fingerprint density at radius 2 is 1.71 bits per heavy atom. The third kappa shape index (κ3) is 5.92. The van der Waals surface area contributed by atoms with E-state index in [0.29, 0.717) is 29.1 Å². The maximum atomic E-state index is 13.5. The molecule has 2 heterocycles. The van der Waals surface area contributed by atoms with Crippen molar-refractivity contribution >= 4 is 39.0 Å². The summed E-state index contributed by atoms with van der Waals surface area (Å²) in [4.78, 5) is 29.4. The van der Waals surface area contributed by atoms with Gasteiger partial charge in [0.1, 0.15) is 18.2 Å². The van der Waals surface area contributed by atoms with Gasteiger partial charge in [0.2, 0.25) is 0 Å². The van der Waals surface area contributed by atoms with Gasteiger partial charge < -0.3 is 14.4 Å². The highest BCUT2D eigenvalue weighted by Crippen LogP contribution is 2.25. The SMILES string of the molecule is Cc1cc(C=Nn2c(C(C)(C)C)nc3ccc(Br)cc3c2=O)c(C)n1-c1ccc(OCc2ccc(C(=O)O)cc2)cc1. The van der Waals surface area contributed by atoms with Gasteiger partial charge in [0.25, 0.3) is 5.56 Å². The first-order valence-electron chi connectivity index (χ1n) is 13.4. The lowest BCUT2D eigenvalue weighted by atomic mass is 9.95. The van der Waals surface area contributed by atoms with Crippen LogP contribution in [0, 0.1) is 13.8 Å². The fraction of sp³-hybridized carbons (Fsp3) is 0.212. The summed E-state index contributed by atoms with van der Waals surface area (Å²) in [7, 11) is 0. The van der Waals surface area contributed by atoms with Gasteiger partial charge in [-0.1, -0.05) is 48.8 Å².